The molecule has 0 unspecified atom stereocenters. The van der Waals surface area contributed by atoms with Gasteiger partial charge in [0.15, 0.2) is 0 Å². The summed E-state index contributed by atoms with van der Waals surface area (Å²) >= 11 is 0. The summed E-state index contributed by atoms with van der Waals surface area (Å²) in [5.74, 6) is 6.07. The molecule has 1 aromatic carbocycles. The van der Waals surface area contributed by atoms with Gasteiger partial charge in [0.1, 0.15) is 18.2 Å². The number of aliphatic hydroxyl groups is 1. The molecular weight excluding hydrogens is 207 g/mol. The Morgan fingerprint density at radius 2 is 2.25 bits per heavy atom. The topological polar surface area (TPSA) is 29.5 Å². The first kappa shape index (κ1) is 11.0. The lowest BCUT2D eigenvalue weighted by atomic mass is 10.2. The average molecular weight is 220 g/mol. The first-order chi connectivity index (χ1) is 7.79. The van der Waals surface area contributed by atoms with Gasteiger partial charge in [-0.15, -0.1) is 0 Å². The van der Waals surface area contributed by atoms with Gasteiger partial charge in [0.2, 0.25) is 0 Å². The standard InChI is InChI=1S/C13H13FO2/c14-12-5-6-13(16-9-10-3-4-10)11(8-12)2-1-7-15/h5-6,8,10,15H,3-4,7,9H2. The predicted octanol–water partition coefficient (Wildman–Crippen LogP) is 1.96. The largest absolute Gasteiger partial charge is 0.492 e. The van der Waals surface area contributed by atoms with Crippen LogP contribution in [-0.2, 0) is 0 Å². The van der Waals surface area contributed by atoms with Gasteiger partial charge in [-0.05, 0) is 37.0 Å². The van der Waals surface area contributed by atoms with Crippen molar-refractivity contribution in [1.29, 1.82) is 0 Å². The molecule has 0 saturated heterocycles. The first-order valence-electron chi connectivity index (χ1n) is 5.31. The molecule has 0 heterocycles. The van der Waals surface area contributed by atoms with Crippen molar-refractivity contribution in [1.82, 2.24) is 0 Å². The SMILES string of the molecule is OCC#Cc1cc(F)ccc1OCC1CC1. The monoisotopic (exact) mass is 220 g/mol. The zero-order valence-corrected chi connectivity index (χ0v) is 8.87. The Bertz CT molecular complexity index is 427. The van der Waals surface area contributed by atoms with Crippen molar-refractivity contribution in [3.8, 4) is 17.6 Å². The van der Waals surface area contributed by atoms with Crippen LogP contribution < -0.4 is 4.74 Å². The van der Waals surface area contributed by atoms with E-state index in [9.17, 15) is 4.39 Å². The molecule has 1 aliphatic carbocycles. The van der Waals surface area contributed by atoms with Gasteiger partial charge in [-0.25, -0.2) is 4.39 Å². The number of halogens is 1. The van der Waals surface area contributed by atoms with Gasteiger partial charge in [-0.3, -0.25) is 0 Å². The molecule has 16 heavy (non-hydrogen) atoms. The first-order valence-corrected chi connectivity index (χ1v) is 5.31. The Kier molecular flexibility index (Phi) is 3.43. The van der Waals surface area contributed by atoms with Crippen molar-refractivity contribution in [2.75, 3.05) is 13.2 Å². The Morgan fingerprint density at radius 3 is 2.94 bits per heavy atom. The van der Waals surface area contributed by atoms with Crippen molar-refractivity contribution in [3.63, 3.8) is 0 Å². The Balaban J connectivity index is 2.13. The maximum absolute atomic E-state index is 13.0. The molecule has 0 radical (unpaired) electrons. The van der Waals surface area contributed by atoms with E-state index in [0.29, 0.717) is 23.8 Å². The van der Waals surface area contributed by atoms with E-state index >= 15 is 0 Å². The molecule has 0 bridgehead atoms. The quantitative estimate of drug-likeness (QED) is 0.789. The van der Waals surface area contributed by atoms with Crippen LogP contribution in [0.3, 0.4) is 0 Å². The fourth-order valence-corrected chi connectivity index (χ4v) is 1.35. The highest BCUT2D eigenvalue weighted by Crippen LogP contribution is 2.30. The van der Waals surface area contributed by atoms with Gasteiger partial charge in [-0.1, -0.05) is 11.8 Å². The fraction of sp³-hybridized carbons (Fsp3) is 0.385. The summed E-state index contributed by atoms with van der Waals surface area (Å²) < 4.78 is 18.6. The summed E-state index contributed by atoms with van der Waals surface area (Å²) in [4.78, 5) is 0. The molecule has 1 saturated carbocycles. The van der Waals surface area contributed by atoms with Crippen molar-refractivity contribution in [2.24, 2.45) is 5.92 Å². The number of hydrogen-bond donors (Lipinski definition) is 1. The third-order valence-electron chi connectivity index (χ3n) is 2.42. The fourth-order valence-electron chi connectivity index (χ4n) is 1.35. The van der Waals surface area contributed by atoms with E-state index in [-0.39, 0.29) is 12.4 Å². The van der Waals surface area contributed by atoms with E-state index in [1.165, 1.54) is 25.0 Å². The second-order valence-electron chi connectivity index (χ2n) is 3.85. The lowest BCUT2D eigenvalue weighted by Gasteiger charge is -2.07. The molecule has 2 rings (SSSR count). The van der Waals surface area contributed by atoms with Crippen LogP contribution in [0, 0.1) is 23.6 Å². The smallest absolute Gasteiger partial charge is 0.135 e. The highest BCUT2D eigenvalue weighted by atomic mass is 19.1. The van der Waals surface area contributed by atoms with Crippen LogP contribution in [0.25, 0.3) is 0 Å². The summed E-state index contributed by atoms with van der Waals surface area (Å²) in [7, 11) is 0. The molecular formula is C13H13FO2. The van der Waals surface area contributed by atoms with Crippen molar-refractivity contribution < 1.29 is 14.2 Å². The van der Waals surface area contributed by atoms with Gasteiger partial charge in [0, 0.05) is 0 Å². The van der Waals surface area contributed by atoms with Crippen LogP contribution in [0.2, 0.25) is 0 Å². The van der Waals surface area contributed by atoms with Gasteiger partial charge in [-0.2, -0.15) is 0 Å². The second kappa shape index (κ2) is 5.00. The van der Waals surface area contributed by atoms with Crippen molar-refractivity contribution in [2.45, 2.75) is 12.8 Å². The molecule has 2 nitrogen and oxygen atoms in total. The lowest BCUT2D eigenvalue weighted by Crippen LogP contribution is -2.01. The number of ether oxygens (including phenoxy) is 1. The normalized spacial score (nSPS) is 14.1. The minimum Gasteiger partial charge on any atom is -0.492 e. The van der Waals surface area contributed by atoms with E-state index in [2.05, 4.69) is 11.8 Å². The maximum Gasteiger partial charge on any atom is 0.135 e. The Labute approximate surface area is 94.1 Å². The van der Waals surface area contributed by atoms with Crippen LogP contribution >= 0.6 is 0 Å². The number of benzene rings is 1. The molecule has 0 spiro atoms. The number of rotatable bonds is 3. The van der Waals surface area contributed by atoms with E-state index in [1.807, 2.05) is 0 Å². The van der Waals surface area contributed by atoms with E-state index in [1.54, 1.807) is 6.07 Å². The van der Waals surface area contributed by atoms with Gasteiger partial charge in [0.05, 0.1) is 12.2 Å². The summed E-state index contributed by atoms with van der Waals surface area (Å²) in [6, 6.07) is 4.26. The van der Waals surface area contributed by atoms with E-state index < -0.39 is 0 Å². The van der Waals surface area contributed by atoms with Crippen LogP contribution in [0.4, 0.5) is 4.39 Å². The van der Waals surface area contributed by atoms with Crippen molar-refractivity contribution in [3.05, 3.63) is 29.6 Å². The maximum atomic E-state index is 13.0. The van der Waals surface area contributed by atoms with Gasteiger partial charge >= 0.3 is 0 Å². The Morgan fingerprint density at radius 1 is 1.44 bits per heavy atom. The van der Waals surface area contributed by atoms with Gasteiger partial charge in [0.25, 0.3) is 0 Å². The van der Waals surface area contributed by atoms with E-state index in [4.69, 9.17) is 9.84 Å². The predicted molar refractivity (Wildman–Crippen MR) is 58.6 cm³/mol. The highest BCUT2D eigenvalue weighted by molar-refractivity contribution is 5.46. The molecule has 0 aliphatic heterocycles. The van der Waals surface area contributed by atoms with Gasteiger partial charge < -0.3 is 9.84 Å². The molecule has 0 atom stereocenters. The van der Waals surface area contributed by atoms with Crippen LogP contribution in [0.1, 0.15) is 18.4 Å². The molecule has 84 valence electrons. The van der Waals surface area contributed by atoms with Crippen LogP contribution in [0.5, 0.6) is 5.75 Å². The molecule has 1 N–H and O–H groups in total. The molecule has 1 aromatic rings. The minimum atomic E-state index is -0.346. The van der Waals surface area contributed by atoms with Crippen LogP contribution in [-0.4, -0.2) is 18.3 Å². The summed E-state index contributed by atoms with van der Waals surface area (Å²) in [6.45, 7) is 0.429. The Hall–Kier alpha value is -1.53. The van der Waals surface area contributed by atoms with E-state index in [0.717, 1.165) is 0 Å². The summed E-state index contributed by atoms with van der Waals surface area (Å²) in [5.41, 5.74) is 0.495. The molecule has 0 amide bonds. The molecule has 1 aliphatic rings. The van der Waals surface area contributed by atoms with Crippen molar-refractivity contribution >= 4 is 0 Å². The third-order valence-corrected chi connectivity index (χ3v) is 2.42. The highest BCUT2D eigenvalue weighted by Gasteiger charge is 2.22. The summed E-state index contributed by atoms with van der Waals surface area (Å²) in [5, 5.41) is 8.61. The second-order valence-corrected chi connectivity index (χ2v) is 3.85. The number of hydrogen-bond acceptors (Lipinski definition) is 2. The molecule has 0 aromatic heterocycles. The zero-order valence-electron chi connectivity index (χ0n) is 8.87. The molecule has 3 heteroatoms. The minimum absolute atomic E-state index is 0.238. The third kappa shape index (κ3) is 2.98. The van der Waals surface area contributed by atoms with Crippen LogP contribution in [0.15, 0.2) is 18.2 Å². The average Bonchev–Trinajstić information content (AvgIpc) is 3.09. The zero-order chi connectivity index (χ0) is 11.4. The lowest BCUT2D eigenvalue weighted by molar-refractivity contribution is 0.298. The summed E-state index contributed by atoms with van der Waals surface area (Å²) in [6.07, 6.45) is 2.41. The number of aliphatic hydroxyl groups excluding tert-OH is 1. The molecule has 1 fully saturated rings.